The van der Waals surface area contributed by atoms with Crippen LogP contribution in [-0.2, 0) is 16.0 Å². The second-order valence-electron chi connectivity index (χ2n) is 4.64. The van der Waals surface area contributed by atoms with Gasteiger partial charge in [-0.15, -0.1) is 11.3 Å². The molecule has 20 heavy (non-hydrogen) atoms. The summed E-state index contributed by atoms with van der Waals surface area (Å²) in [4.78, 5) is 12.0. The van der Waals surface area contributed by atoms with Gasteiger partial charge in [0.25, 0.3) is 0 Å². The lowest BCUT2D eigenvalue weighted by Gasteiger charge is -2.34. The highest BCUT2D eigenvalue weighted by atomic mass is 32.1. The van der Waals surface area contributed by atoms with Gasteiger partial charge >= 0.3 is 0 Å². The summed E-state index contributed by atoms with van der Waals surface area (Å²) in [5.41, 5.74) is 0. The van der Waals surface area contributed by atoms with Gasteiger partial charge in [0.2, 0.25) is 0 Å². The van der Waals surface area contributed by atoms with Gasteiger partial charge in [0.05, 0.1) is 30.9 Å². The summed E-state index contributed by atoms with van der Waals surface area (Å²) in [7, 11) is 3.50. The van der Waals surface area contributed by atoms with E-state index in [2.05, 4.69) is 20.2 Å². The molecule has 2 rings (SSSR count). The van der Waals surface area contributed by atoms with Gasteiger partial charge in [0, 0.05) is 38.3 Å². The average molecular weight is 298 g/mol. The lowest BCUT2D eigenvalue weighted by Crippen LogP contribution is -2.51. The molecule has 1 unspecified atom stereocenters. The van der Waals surface area contributed by atoms with E-state index in [-0.39, 0.29) is 6.10 Å². The van der Waals surface area contributed by atoms with E-state index in [9.17, 15) is 0 Å². The molecule has 0 aliphatic carbocycles. The van der Waals surface area contributed by atoms with Gasteiger partial charge < -0.3 is 19.7 Å². The van der Waals surface area contributed by atoms with Gasteiger partial charge in [-0.3, -0.25) is 4.99 Å². The summed E-state index contributed by atoms with van der Waals surface area (Å²) < 4.78 is 10.8. The van der Waals surface area contributed by atoms with Crippen LogP contribution in [0, 0.1) is 6.92 Å². The standard InChI is InChI=1S/C13H22N4O2S/c1-10-15-6-12(20-10)7-16-13(14-2)17-4-5-19-11(8-17)9-18-3/h6,11H,4-5,7-9H2,1-3H3,(H,14,16). The highest BCUT2D eigenvalue weighted by molar-refractivity contribution is 7.11. The first-order valence-electron chi connectivity index (χ1n) is 6.70. The van der Waals surface area contributed by atoms with Crippen molar-refractivity contribution in [3.05, 3.63) is 16.1 Å². The lowest BCUT2D eigenvalue weighted by atomic mass is 10.3. The Morgan fingerprint density at radius 1 is 1.70 bits per heavy atom. The minimum atomic E-state index is 0.109. The van der Waals surface area contributed by atoms with Crippen molar-refractivity contribution in [2.24, 2.45) is 4.99 Å². The number of aliphatic imine (C=N–C) groups is 1. The van der Waals surface area contributed by atoms with E-state index >= 15 is 0 Å². The third-order valence-corrected chi connectivity index (χ3v) is 4.01. The summed E-state index contributed by atoms with van der Waals surface area (Å²) in [6, 6.07) is 0. The van der Waals surface area contributed by atoms with Crippen LogP contribution in [0.15, 0.2) is 11.2 Å². The fourth-order valence-electron chi connectivity index (χ4n) is 2.18. The zero-order valence-electron chi connectivity index (χ0n) is 12.3. The Bertz CT molecular complexity index is 447. The second kappa shape index (κ2) is 7.56. The Labute approximate surface area is 123 Å². The Hall–Kier alpha value is -1.18. The van der Waals surface area contributed by atoms with Crippen LogP contribution < -0.4 is 5.32 Å². The first-order valence-corrected chi connectivity index (χ1v) is 7.52. The van der Waals surface area contributed by atoms with E-state index in [1.165, 1.54) is 4.88 Å². The minimum Gasteiger partial charge on any atom is -0.382 e. The molecule has 0 spiro atoms. The number of hydrogen-bond acceptors (Lipinski definition) is 5. The SMILES string of the molecule is CN=C(NCc1cnc(C)s1)N1CCOC(COC)C1. The van der Waals surface area contributed by atoms with E-state index in [1.54, 1.807) is 25.5 Å². The number of aromatic nitrogens is 1. The van der Waals surface area contributed by atoms with Gasteiger partial charge in [-0.2, -0.15) is 0 Å². The number of thiazole rings is 1. The van der Waals surface area contributed by atoms with Crippen molar-refractivity contribution in [3.63, 3.8) is 0 Å². The van der Waals surface area contributed by atoms with Crippen molar-refractivity contribution in [2.75, 3.05) is 40.5 Å². The lowest BCUT2D eigenvalue weighted by molar-refractivity contribution is -0.0447. The largest absolute Gasteiger partial charge is 0.382 e. The molecular weight excluding hydrogens is 276 g/mol. The third-order valence-electron chi connectivity index (χ3n) is 3.09. The van der Waals surface area contributed by atoms with Crippen LogP contribution in [0.5, 0.6) is 0 Å². The van der Waals surface area contributed by atoms with Crippen molar-refractivity contribution >= 4 is 17.3 Å². The highest BCUT2D eigenvalue weighted by Gasteiger charge is 2.22. The Morgan fingerprint density at radius 2 is 2.55 bits per heavy atom. The number of ether oxygens (including phenoxy) is 2. The fourth-order valence-corrected chi connectivity index (χ4v) is 2.92. The van der Waals surface area contributed by atoms with E-state index in [1.807, 2.05) is 13.1 Å². The van der Waals surface area contributed by atoms with Gasteiger partial charge in [-0.1, -0.05) is 0 Å². The van der Waals surface area contributed by atoms with Crippen LogP contribution in [0.3, 0.4) is 0 Å². The summed E-state index contributed by atoms with van der Waals surface area (Å²) in [5, 5.41) is 4.47. The van der Waals surface area contributed by atoms with Gasteiger partial charge in [0.1, 0.15) is 0 Å². The fraction of sp³-hybridized carbons (Fsp3) is 0.692. The molecular formula is C13H22N4O2S. The Kier molecular flexibility index (Phi) is 5.75. The van der Waals surface area contributed by atoms with Gasteiger partial charge in [-0.05, 0) is 6.92 Å². The van der Waals surface area contributed by atoms with E-state index < -0.39 is 0 Å². The number of rotatable bonds is 4. The number of aryl methyl sites for hydroxylation is 1. The van der Waals surface area contributed by atoms with E-state index in [0.717, 1.165) is 30.6 Å². The molecule has 0 radical (unpaired) electrons. The summed E-state index contributed by atoms with van der Waals surface area (Å²) in [6.45, 7) is 5.73. The maximum Gasteiger partial charge on any atom is 0.194 e. The van der Waals surface area contributed by atoms with Crippen LogP contribution >= 0.6 is 11.3 Å². The summed E-state index contributed by atoms with van der Waals surface area (Å²) in [6.07, 6.45) is 2.02. The third kappa shape index (κ3) is 4.16. The molecule has 0 amide bonds. The highest BCUT2D eigenvalue weighted by Crippen LogP contribution is 2.11. The molecule has 1 N–H and O–H groups in total. The molecule has 1 saturated heterocycles. The number of hydrogen-bond donors (Lipinski definition) is 1. The second-order valence-corrected chi connectivity index (χ2v) is 5.96. The Morgan fingerprint density at radius 3 is 3.20 bits per heavy atom. The van der Waals surface area contributed by atoms with E-state index in [4.69, 9.17) is 9.47 Å². The molecule has 0 bridgehead atoms. The van der Waals surface area contributed by atoms with Gasteiger partial charge in [-0.25, -0.2) is 4.98 Å². The maximum atomic E-state index is 5.65. The van der Waals surface area contributed by atoms with Crippen molar-refractivity contribution in [3.8, 4) is 0 Å². The molecule has 6 nitrogen and oxygen atoms in total. The smallest absolute Gasteiger partial charge is 0.194 e. The quantitative estimate of drug-likeness (QED) is 0.660. The van der Waals surface area contributed by atoms with Gasteiger partial charge in [0.15, 0.2) is 5.96 Å². The van der Waals surface area contributed by atoms with Crippen molar-refractivity contribution < 1.29 is 9.47 Å². The molecule has 1 aromatic rings. The molecule has 1 aliphatic heterocycles. The molecule has 0 saturated carbocycles. The zero-order valence-corrected chi connectivity index (χ0v) is 13.1. The summed E-state index contributed by atoms with van der Waals surface area (Å²) >= 11 is 1.70. The van der Waals surface area contributed by atoms with E-state index in [0.29, 0.717) is 13.2 Å². The van der Waals surface area contributed by atoms with Crippen molar-refractivity contribution in [1.29, 1.82) is 0 Å². The maximum absolute atomic E-state index is 5.65. The first kappa shape index (κ1) is 15.2. The predicted molar refractivity (Wildman–Crippen MR) is 80.2 cm³/mol. The molecule has 1 aliphatic rings. The predicted octanol–water partition coefficient (Wildman–Crippen LogP) is 0.874. The molecule has 1 atom stereocenters. The van der Waals surface area contributed by atoms with Crippen LogP contribution in [0.1, 0.15) is 9.88 Å². The molecule has 7 heteroatoms. The van der Waals surface area contributed by atoms with Crippen molar-refractivity contribution in [1.82, 2.24) is 15.2 Å². The van der Waals surface area contributed by atoms with Crippen molar-refractivity contribution in [2.45, 2.75) is 19.6 Å². The van der Waals surface area contributed by atoms with Crippen LogP contribution in [0.2, 0.25) is 0 Å². The molecule has 1 aromatic heterocycles. The normalized spacial score (nSPS) is 20.2. The summed E-state index contributed by atoms with van der Waals surface area (Å²) in [5.74, 6) is 0.903. The molecule has 1 fully saturated rings. The monoisotopic (exact) mass is 298 g/mol. The van der Waals surface area contributed by atoms with Crippen LogP contribution in [0.4, 0.5) is 0 Å². The topological polar surface area (TPSA) is 59.0 Å². The molecule has 0 aromatic carbocycles. The molecule has 112 valence electrons. The number of nitrogens with one attached hydrogen (secondary N) is 1. The number of methoxy groups -OCH3 is 1. The Balaban J connectivity index is 1.87. The zero-order chi connectivity index (χ0) is 14.4. The van der Waals surface area contributed by atoms with Crippen LogP contribution in [-0.4, -0.2) is 62.4 Å². The number of morpholine rings is 1. The first-order chi connectivity index (χ1) is 9.72. The minimum absolute atomic E-state index is 0.109. The average Bonchev–Trinajstić information content (AvgIpc) is 2.86. The number of guanidine groups is 1. The number of nitrogens with zero attached hydrogens (tertiary/aromatic N) is 3. The molecule has 2 heterocycles. The van der Waals surface area contributed by atoms with Crippen LogP contribution in [0.25, 0.3) is 0 Å².